The number of hydrogen-bond acceptors (Lipinski definition) is 4. The molecule has 0 spiro atoms. The first-order valence-corrected chi connectivity index (χ1v) is 11.3. The summed E-state index contributed by atoms with van der Waals surface area (Å²) >= 11 is 3.51. The highest BCUT2D eigenvalue weighted by molar-refractivity contribution is 9.10. The van der Waals surface area contributed by atoms with Crippen molar-refractivity contribution in [2.24, 2.45) is 0 Å². The number of halogens is 1. The fraction of sp³-hybridized carbons (Fsp3) is 0.143. The predicted molar refractivity (Wildman–Crippen MR) is 114 cm³/mol. The van der Waals surface area contributed by atoms with E-state index in [2.05, 4.69) is 20.7 Å². The Hall–Kier alpha value is -2.51. The van der Waals surface area contributed by atoms with E-state index in [-0.39, 0.29) is 6.10 Å². The molecule has 3 aromatic rings. The molecule has 0 saturated carbocycles. The molecule has 1 aliphatic heterocycles. The minimum Gasteiger partial charge on any atom is -0.496 e. The number of sulfonamides is 1. The van der Waals surface area contributed by atoms with E-state index in [4.69, 9.17) is 9.47 Å². The van der Waals surface area contributed by atoms with E-state index in [1.54, 1.807) is 13.2 Å². The van der Waals surface area contributed by atoms with Crippen molar-refractivity contribution in [2.75, 3.05) is 18.1 Å². The molecule has 0 aliphatic carbocycles. The van der Waals surface area contributed by atoms with E-state index >= 15 is 0 Å². The third-order valence-electron chi connectivity index (χ3n) is 4.51. The van der Waals surface area contributed by atoms with E-state index < -0.39 is 10.0 Å². The lowest BCUT2D eigenvalue weighted by Crippen LogP contribution is -2.17. The second kappa shape index (κ2) is 7.14. The number of nitrogens with one attached hydrogen (secondary N) is 1. The number of fused-ring (bicyclic) bond motifs is 3. The lowest BCUT2D eigenvalue weighted by atomic mass is 9.89. The summed E-state index contributed by atoms with van der Waals surface area (Å²) in [4.78, 5) is 0. The van der Waals surface area contributed by atoms with Gasteiger partial charge in [0.2, 0.25) is 10.0 Å². The van der Waals surface area contributed by atoms with Crippen LogP contribution < -0.4 is 14.2 Å². The standard InChI is InChI=1S/C21H18BrNO4S/c1-26-18-7-4-8-19-20(18)16-10-9-15(23-28(2,24)25)12-17(16)21(27-19)13-5-3-6-14(22)11-13/h3-12,21,23H,1-2H3. The summed E-state index contributed by atoms with van der Waals surface area (Å²) in [5.41, 5.74) is 4.12. The third kappa shape index (κ3) is 3.59. The Bertz CT molecular complexity index is 1160. The Balaban J connectivity index is 1.93. The quantitative estimate of drug-likeness (QED) is 0.597. The normalized spacial score (nSPS) is 15.2. The molecule has 144 valence electrons. The maximum Gasteiger partial charge on any atom is 0.229 e. The fourth-order valence-electron chi connectivity index (χ4n) is 3.44. The van der Waals surface area contributed by atoms with Crippen molar-refractivity contribution in [2.45, 2.75) is 6.10 Å². The van der Waals surface area contributed by atoms with Crippen molar-refractivity contribution in [1.82, 2.24) is 0 Å². The van der Waals surface area contributed by atoms with Crippen molar-refractivity contribution in [3.63, 3.8) is 0 Å². The molecule has 0 fully saturated rings. The van der Waals surface area contributed by atoms with Gasteiger partial charge in [0.1, 0.15) is 17.6 Å². The second-order valence-electron chi connectivity index (χ2n) is 6.56. The number of ether oxygens (including phenoxy) is 2. The van der Waals surface area contributed by atoms with Gasteiger partial charge in [-0.25, -0.2) is 8.42 Å². The molecule has 5 nitrogen and oxygen atoms in total. The molecule has 0 radical (unpaired) electrons. The molecule has 7 heteroatoms. The lowest BCUT2D eigenvalue weighted by molar-refractivity contribution is 0.242. The van der Waals surface area contributed by atoms with Crippen LogP contribution in [0.3, 0.4) is 0 Å². The molecule has 0 amide bonds. The van der Waals surface area contributed by atoms with Crippen LogP contribution in [0, 0.1) is 0 Å². The molecule has 1 unspecified atom stereocenters. The highest BCUT2D eigenvalue weighted by atomic mass is 79.9. The fourth-order valence-corrected chi connectivity index (χ4v) is 4.41. The van der Waals surface area contributed by atoms with E-state index in [9.17, 15) is 8.42 Å². The Kier molecular flexibility index (Phi) is 4.81. The van der Waals surface area contributed by atoms with Crippen molar-refractivity contribution in [1.29, 1.82) is 0 Å². The molecule has 1 heterocycles. The summed E-state index contributed by atoms with van der Waals surface area (Å²) in [5.74, 6) is 1.43. The van der Waals surface area contributed by atoms with Crippen LogP contribution in [0.25, 0.3) is 11.1 Å². The van der Waals surface area contributed by atoms with Crippen LogP contribution in [0.15, 0.2) is 65.1 Å². The molecule has 1 aliphatic rings. The van der Waals surface area contributed by atoms with Crippen LogP contribution >= 0.6 is 15.9 Å². The molecule has 0 bridgehead atoms. The van der Waals surface area contributed by atoms with E-state index in [0.29, 0.717) is 11.4 Å². The highest BCUT2D eigenvalue weighted by Crippen LogP contribution is 2.49. The second-order valence-corrected chi connectivity index (χ2v) is 9.23. The summed E-state index contributed by atoms with van der Waals surface area (Å²) in [6, 6.07) is 19.0. The van der Waals surface area contributed by atoms with Gasteiger partial charge >= 0.3 is 0 Å². The smallest absolute Gasteiger partial charge is 0.229 e. The summed E-state index contributed by atoms with van der Waals surface area (Å²) in [6.45, 7) is 0. The van der Waals surface area contributed by atoms with Crippen LogP contribution in [0.1, 0.15) is 17.2 Å². The number of hydrogen-bond donors (Lipinski definition) is 1. The molecule has 28 heavy (non-hydrogen) atoms. The highest BCUT2D eigenvalue weighted by Gasteiger charge is 2.30. The molecule has 1 atom stereocenters. The molecule has 4 rings (SSSR count). The minimum atomic E-state index is -3.39. The van der Waals surface area contributed by atoms with Gasteiger partial charge in [0, 0.05) is 15.7 Å². The topological polar surface area (TPSA) is 64.6 Å². The average Bonchev–Trinajstić information content (AvgIpc) is 2.65. The maximum absolute atomic E-state index is 11.7. The van der Waals surface area contributed by atoms with Gasteiger partial charge < -0.3 is 9.47 Å². The molecular formula is C21H18BrNO4S. The van der Waals surface area contributed by atoms with Crippen LogP contribution in [0.4, 0.5) is 5.69 Å². The number of methoxy groups -OCH3 is 1. The first kappa shape index (κ1) is 18.8. The molecule has 3 aromatic carbocycles. The third-order valence-corrected chi connectivity index (χ3v) is 5.61. The van der Waals surface area contributed by atoms with Crippen LogP contribution in [0.5, 0.6) is 11.5 Å². The van der Waals surface area contributed by atoms with Crippen molar-refractivity contribution in [3.05, 3.63) is 76.3 Å². The summed E-state index contributed by atoms with van der Waals surface area (Å²) in [5, 5.41) is 0. The van der Waals surface area contributed by atoms with Gasteiger partial charge in [-0.3, -0.25) is 4.72 Å². The Morgan fingerprint density at radius 2 is 1.86 bits per heavy atom. The average molecular weight is 460 g/mol. The SMILES string of the molecule is COc1cccc2c1-c1ccc(NS(C)(=O)=O)cc1C(c1cccc(Br)c1)O2. The largest absolute Gasteiger partial charge is 0.496 e. The molecule has 1 N–H and O–H groups in total. The van der Waals surface area contributed by atoms with Gasteiger partial charge in [0.25, 0.3) is 0 Å². The Morgan fingerprint density at radius 3 is 2.57 bits per heavy atom. The van der Waals surface area contributed by atoms with Gasteiger partial charge in [-0.1, -0.05) is 40.2 Å². The zero-order valence-corrected chi connectivity index (χ0v) is 17.7. The van der Waals surface area contributed by atoms with Gasteiger partial charge in [-0.2, -0.15) is 0 Å². The monoisotopic (exact) mass is 459 g/mol. The van der Waals surface area contributed by atoms with E-state index in [0.717, 1.165) is 38.7 Å². The van der Waals surface area contributed by atoms with Crippen molar-refractivity contribution in [3.8, 4) is 22.6 Å². The zero-order chi connectivity index (χ0) is 19.9. The number of benzene rings is 3. The maximum atomic E-state index is 11.7. The summed E-state index contributed by atoms with van der Waals surface area (Å²) in [6.07, 6.45) is 0.751. The Labute approximate surface area is 172 Å². The van der Waals surface area contributed by atoms with Crippen LogP contribution in [0.2, 0.25) is 0 Å². The van der Waals surface area contributed by atoms with Crippen molar-refractivity contribution >= 4 is 31.6 Å². The van der Waals surface area contributed by atoms with Crippen LogP contribution in [-0.4, -0.2) is 21.8 Å². The van der Waals surface area contributed by atoms with E-state index in [1.165, 1.54) is 0 Å². The molecule has 0 saturated heterocycles. The summed E-state index contributed by atoms with van der Waals surface area (Å²) in [7, 11) is -1.77. The molecular weight excluding hydrogens is 442 g/mol. The molecule has 0 aromatic heterocycles. The van der Waals surface area contributed by atoms with Crippen LogP contribution in [-0.2, 0) is 10.0 Å². The predicted octanol–water partition coefficient (Wildman–Crippen LogP) is 4.98. The van der Waals surface area contributed by atoms with Gasteiger partial charge in [-0.15, -0.1) is 0 Å². The van der Waals surface area contributed by atoms with Gasteiger partial charge in [0.15, 0.2) is 0 Å². The Morgan fingerprint density at radius 1 is 1.07 bits per heavy atom. The first-order valence-electron chi connectivity index (χ1n) is 8.57. The zero-order valence-electron chi connectivity index (χ0n) is 15.3. The van der Waals surface area contributed by atoms with Crippen molar-refractivity contribution < 1.29 is 17.9 Å². The number of anilines is 1. The number of rotatable bonds is 4. The van der Waals surface area contributed by atoms with E-state index in [1.807, 2.05) is 54.6 Å². The lowest BCUT2D eigenvalue weighted by Gasteiger charge is -2.30. The van der Waals surface area contributed by atoms with Gasteiger partial charge in [0.05, 0.1) is 18.9 Å². The summed E-state index contributed by atoms with van der Waals surface area (Å²) < 4.78 is 38.8. The van der Waals surface area contributed by atoms with Gasteiger partial charge in [-0.05, 0) is 47.5 Å². The first-order chi connectivity index (χ1) is 13.4. The minimum absolute atomic E-state index is 0.381.